The van der Waals surface area contributed by atoms with Gasteiger partial charge < -0.3 is 15.3 Å². The lowest BCUT2D eigenvalue weighted by atomic mass is 10.00. The maximum Gasteiger partial charge on any atom is 0.245 e. The first kappa shape index (κ1) is 14.7. The molecule has 6 nitrogen and oxygen atoms in total. The van der Waals surface area contributed by atoms with Gasteiger partial charge in [0.15, 0.2) is 0 Å². The highest BCUT2D eigenvalue weighted by Crippen LogP contribution is 2.22. The summed E-state index contributed by atoms with van der Waals surface area (Å²) in [6.45, 7) is 4.81. The molecule has 0 unspecified atom stereocenters. The fraction of sp³-hybridized carbons (Fsp3) is 0.438. The summed E-state index contributed by atoms with van der Waals surface area (Å²) in [7, 11) is 0. The minimum absolute atomic E-state index is 0.00277. The fourth-order valence-corrected chi connectivity index (χ4v) is 2.61. The lowest BCUT2D eigenvalue weighted by molar-refractivity contribution is -0.143. The molecule has 0 spiro atoms. The zero-order valence-electron chi connectivity index (χ0n) is 12.7. The highest BCUT2D eigenvalue weighted by atomic mass is 16.3. The number of fused-ring (bicyclic) bond motifs is 1. The maximum absolute atomic E-state index is 12.6. The van der Waals surface area contributed by atoms with E-state index in [0.717, 1.165) is 10.9 Å². The molecule has 2 heterocycles. The van der Waals surface area contributed by atoms with Gasteiger partial charge in [0.1, 0.15) is 18.2 Å². The van der Waals surface area contributed by atoms with Gasteiger partial charge in [0.05, 0.1) is 11.6 Å². The highest BCUT2D eigenvalue weighted by Gasteiger charge is 2.35. The van der Waals surface area contributed by atoms with Crippen LogP contribution in [0.1, 0.15) is 13.8 Å². The van der Waals surface area contributed by atoms with E-state index in [0.29, 0.717) is 18.9 Å². The number of benzene rings is 1. The fourth-order valence-electron chi connectivity index (χ4n) is 2.61. The minimum atomic E-state index is -0.392. The third-order valence-electron chi connectivity index (χ3n) is 3.94. The van der Waals surface area contributed by atoms with Crippen molar-refractivity contribution in [2.45, 2.75) is 26.0 Å². The molecule has 2 N–H and O–H groups in total. The zero-order chi connectivity index (χ0) is 15.7. The Balaban J connectivity index is 1.85. The molecule has 1 aliphatic rings. The molecular formula is C16H20N4O2. The summed E-state index contributed by atoms with van der Waals surface area (Å²) in [5.41, 5.74) is 0.842. The van der Waals surface area contributed by atoms with Crippen molar-refractivity contribution in [3.05, 3.63) is 30.6 Å². The van der Waals surface area contributed by atoms with Crippen LogP contribution in [0.15, 0.2) is 30.6 Å². The van der Waals surface area contributed by atoms with Crippen LogP contribution in [0.2, 0.25) is 0 Å². The number of nitrogens with zero attached hydrogens (tertiary/aromatic N) is 3. The topological polar surface area (TPSA) is 78.4 Å². The number of carbonyl (C=O) groups is 1. The summed E-state index contributed by atoms with van der Waals surface area (Å²) in [4.78, 5) is 22.8. The smallest absolute Gasteiger partial charge is 0.245 e. The molecule has 1 aliphatic heterocycles. The highest BCUT2D eigenvalue weighted by molar-refractivity contribution is 5.92. The van der Waals surface area contributed by atoms with E-state index < -0.39 is 6.10 Å². The van der Waals surface area contributed by atoms with Crippen LogP contribution in [0.5, 0.6) is 0 Å². The Morgan fingerprint density at radius 2 is 2.05 bits per heavy atom. The van der Waals surface area contributed by atoms with Crippen LogP contribution < -0.4 is 5.32 Å². The molecule has 1 atom stereocenters. The molecule has 1 saturated heterocycles. The Morgan fingerprint density at radius 3 is 2.73 bits per heavy atom. The van der Waals surface area contributed by atoms with E-state index in [9.17, 15) is 9.90 Å². The average Bonchev–Trinajstić information content (AvgIpc) is 2.48. The van der Waals surface area contributed by atoms with Crippen molar-refractivity contribution < 1.29 is 9.90 Å². The van der Waals surface area contributed by atoms with Gasteiger partial charge in [-0.05, 0) is 18.1 Å². The number of nitrogens with one attached hydrogen (secondary N) is 1. The Kier molecular flexibility index (Phi) is 3.94. The lowest BCUT2D eigenvalue weighted by Gasteiger charge is -2.39. The molecule has 0 radical (unpaired) electrons. The number of likely N-dealkylation sites (tertiary alicyclic amines) is 1. The average molecular weight is 300 g/mol. The molecule has 116 valence electrons. The van der Waals surface area contributed by atoms with Gasteiger partial charge in [-0.25, -0.2) is 9.97 Å². The third-order valence-corrected chi connectivity index (χ3v) is 3.94. The summed E-state index contributed by atoms with van der Waals surface area (Å²) < 4.78 is 0. The molecule has 2 aromatic rings. The van der Waals surface area contributed by atoms with Crippen molar-refractivity contribution in [2.24, 2.45) is 5.92 Å². The summed E-state index contributed by atoms with van der Waals surface area (Å²) >= 11 is 0. The maximum atomic E-state index is 12.6. The first-order valence-corrected chi connectivity index (χ1v) is 7.49. The number of aromatic nitrogens is 2. The van der Waals surface area contributed by atoms with Gasteiger partial charge in [-0.2, -0.15) is 0 Å². The molecule has 3 rings (SSSR count). The molecule has 1 aromatic carbocycles. The normalized spacial score (nSPS) is 16.6. The van der Waals surface area contributed by atoms with E-state index in [2.05, 4.69) is 15.3 Å². The van der Waals surface area contributed by atoms with E-state index in [1.807, 2.05) is 38.1 Å². The van der Waals surface area contributed by atoms with Gasteiger partial charge in [0.2, 0.25) is 5.91 Å². The Hall–Kier alpha value is -2.21. The van der Waals surface area contributed by atoms with Crippen molar-refractivity contribution in [2.75, 3.05) is 18.4 Å². The van der Waals surface area contributed by atoms with Crippen molar-refractivity contribution in [1.82, 2.24) is 14.9 Å². The van der Waals surface area contributed by atoms with Crippen LogP contribution >= 0.6 is 0 Å². The second-order valence-electron chi connectivity index (χ2n) is 6.00. The van der Waals surface area contributed by atoms with Crippen molar-refractivity contribution in [3.8, 4) is 0 Å². The Labute approximate surface area is 129 Å². The number of para-hydroxylation sites is 1. The number of hydrogen-bond acceptors (Lipinski definition) is 5. The second-order valence-corrected chi connectivity index (χ2v) is 6.00. The number of aliphatic hydroxyl groups excluding tert-OH is 1. The summed E-state index contributed by atoms with van der Waals surface area (Å²) in [6.07, 6.45) is 1.11. The van der Waals surface area contributed by atoms with Gasteiger partial charge in [-0.15, -0.1) is 0 Å². The molecule has 0 bridgehead atoms. The molecule has 1 amide bonds. The van der Waals surface area contributed by atoms with E-state index in [4.69, 9.17) is 0 Å². The van der Waals surface area contributed by atoms with Crippen LogP contribution in [0.25, 0.3) is 10.9 Å². The second kappa shape index (κ2) is 5.88. The summed E-state index contributed by atoms with van der Waals surface area (Å²) in [5, 5.41) is 13.5. The summed E-state index contributed by atoms with van der Waals surface area (Å²) in [6, 6.07) is 7.33. The minimum Gasteiger partial charge on any atom is -0.389 e. The predicted octanol–water partition coefficient (Wildman–Crippen LogP) is 1.27. The SMILES string of the molecule is CC(C)[C@@H](Nc1ncnc2ccccc12)C(=O)N1CC(O)C1. The lowest BCUT2D eigenvalue weighted by Crippen LogP contribution is -2.58. The molecule has 1 fully saturated rings. The largest absolute Gasteiger partial charge is 0.389 e. The number of rotatable bonds is 4. The monoisotopic (exact) mass is 300 g/mol. The number of β-amino-alcohol motifs (C(OH)–C–C–N with tert-alkyl or cyclic N) is 1. The number of hydrogen-bond donors (Lipinski definition) is 2. The van der Waals surface area contributed by atoms with E-state index in [-0.39, 0.29) is 17.9 Å². The van der Waals surface area contributed by atoms with E-state index in [1.54, 1.807) is 4.90 Å². The first-order chi connectivity index (χ1) is 10.6. The first-order valence-electron chi connectivity index (χ1n) is 7.49. The van der Waals surface area contributed by atoms with E-state index >= 15 is 0 Å². The third kappa shape index (κ3) is 2.74. The van der Waals surface area contributed by atoms with Crippen molar-refractivity contribution in [1.29, 1.82) is 0 Å². The molecule has 0 saturated carbocycles. The number of aliphatic hydroxyl groups is 1. The number of amides is 1. The van der Waals surface area contributed by atoms with Crippen LogP contribution in [-0.4, -0.2) is 51.1 Å². The van der Waals surface area contributed by atoms with Gasteiger partial charge in [0, 0.05) is 18.5 Å². The molecule has 0 aliphatic carbocycles. The molecule has 1 aromatic heterocycles. The van der Waals surface area contributed by atoms with Crippen LogP contribution in [0.3, 0.4) is 0 Å². The van der Waals surface area contributed by atoms with Gasteiger partial charge >= 0.3 is 0 Å². The Morgan fingerprint density at radius 1 is 1.32 bits per heavy atom. The molecular weight excluding hydrogens is 280 g/mol. The zero-order valence-corrected chi connectivity index (χ0v) is 12.7. The van der Waals surface area contributed by atoms with Crippen LogP contribution in [0.4, 0.5) is 5.82 Å². The molecule has 22 heavy (non-hydrogen) atoms. The van der Waals surface area contributed by atoms with Crippen molar-refractivity contribution in [3.63, 3.8) is 0 Å². The van der Waals surface area contributed by atoms with Gasteiger partial charge in [-0.1, -0.05) is 26.0 Å². The Bertz CT molecular complexity index is 677. The number of anilines is 1. The standard InChI is InChI=1S/C16H20N4O2/c1-10(2)14(16(22)20-7-11(21)8-20)19-15-12-5-3-4-6-13(12)17-9-18-15/h3-6,9-11,14,21H,7-8H2,1-2H3,(H,17,18,19)/t14-/m1/s1. The quantitative estimate of drug-likeness (QED) is 0.889. The van der Waals surface area contributed by atoms with Crippen molar-refractivity contribution >= 4 is 22.6 Å². The van der Waals surface area contributed by atoms with Gasteiger partial charge in [-0.3, -0.25) is 4.79 Å². The van der Waals surface area contributed by atoms with E-state index in [1.165, 1.54) is 6.33 Å². The van der Waals surface area contributed by atoms with Crippen LogP contribution in [-0.2, 0) is 4.79 Å². The predicted molar refractivity (Wildman–Crippen MR) is 84.4 cm³/mol. The van der Waals surface area contributed by atoms with Gasteiger partial charge in [0.25, 0.3) is 0 Å². The summed E-state index contributed by atoms with van der Waals surface area (Å²) in [5.74, 6) is 0.778. The van der Waals surface area contributed by atoms with Crippen LogP contribution in [0, 0.1) is 5.92 Å². The molecule has 6 heteroatoms. The number of carbonyl (C=O) groups excluding carboxylic acids is 1.